The summed E-state index contributed by atoms with van der Waals surface area (Å²) in [4.78, 5) is 27.7. The van der Waals surface area contributed by atoms with Crippen molar-refractivity contribution in [3.05, 3.63) is 64.4 Å². The molecule has 190 valence electrons. The van der Waals surface area contributed by atoms with Crippen molar-refractivity contribution < 1.29 is 24.2 Å². The lowest BCUT2D eigenvalue weighted by atomic mass is 10.0. The summed E-state index contributed by atoms with van der Waals surface area (Å²) in [6.45, 7) is 7.26. The van der Waals surface area contributed by atoms with Crippen molar-refractivity contribution in [1.82, 2.24) is 14.2 Å². The number of carbonyl (C=O) groups is 2. The minimum absolute atomic E-state index is 0.0287. The van der Waals surface area contributed by atoms with Crippen LogP contribution in [0, 0.1) is 5.82 Å². The van der Waals surface area contributed by atoms with E-state index < -0.39 is 18.0 Å². The molecular formula is C26H27ClFN3O4S. The van der Waals surface area contributed by atoms with Gasteiger partial charge in [0, 0.05) is 28.8 Å². The second-order valence-corrected chi connectivity index (χ2v) is 10.6. The number of hydrogen-bond donors (Lipinski definition) is 2. The van der Waals surface area contributed by atoms with Crippen LogP contribution in [0.4, 0.5) is 14.0 Å². The maximum Gasteiger partial charge on any atom is 0.407 e. The highest BCUT2D eigenvalue weighted by molar-refractivity contribution is 7.24. The minimum Gasteiger partial charge on any atom is -0.465 e. The molecule has 4 aromatic rings. The Kier molecular flexibility index (Phi) is 7.15. The van der Waals surface area contributed by atoms with Gasteiger partial charge in [-0.3, -0.25) is 4.40 Å². The molecule has 0 aliphatic carbocycles. The normalized spacial score (nSPS) is 11.7. The van der Waals surface area contributed by atoms with Gasteiger partial charge in [0.2, 0.25) is 0 Å². The first-order valence-electron chi connectivity index (χ1n) is 11.5. The Morgan fingerprint density at radius 2 is 1.56 bits per heavy atom. The third-order valence-electron chi connectivity index (χ3n) is 6.24. The predicted octanol–water partition coefficient (Wildman–Crippen LogP) is 7.39. The summed E-state index contributed by atoms with van der Waals surface area (Å²) in [7, 11) is 0. The van der Waals surface area contributed by atoms with Crippen LogP contribution in [0.25, 0.3) is 26.3 Å². The predicted molar refractivity (Wildman–Crippen MR) is 141 cm³/mol. The first-order chi connectivity index (χ1) is 17.0. The summed E-state index contributed by atoms with van der Waals surface area (Å²) in [6.07, 6.45) is -2.15. The number of benzene rings is 2. The molecule has 0 unspecified atom stereocenters. The third-order valence-corrected chi connectivity index (χ3v) is 7.71. The molecule has 36 heavy (non-hydrogen) atoms. The van der Waals surface area contributed by atoms with E-state index in [0.29, 0.717) is 16.8 Å². The fourth-order valence-corrected chi connectivity index (χ4v) is 5.77. The molecule has 2 N–H and O–H groups in total. The quantitative estimate of drug-likeness (QED) is 0.260. The molecule has 7 nitrogen and oxygen atoms in total. The van der Waals surface area contributed by atoms with Crippen molar-refractivity contribution in [2.24, 2.45) is 0 Å². The first-order valence-corrected chi connectivity index (χ1v) is 12.7. The maximum absolute atomic E-state index is 14.1. The third kappa shape index (κ3) is 4.60. The number of hydrogen-bond acceptors (Lipinski definition) is 3. The molecule has 10 heteroatoms. The molecule has 0 saturated heterocycles. The highest BCUT2D eigenvalue weighted by Gasteiger charge is 2.29. The van der Waals surface area contributed by atoms with E-state index in [-0.39, 0.29) is 30.2 Å². The second kappa shape index (κ2) is 9.99. The van der Waals surface area contributed by atoms with Gasteiger partial charge in [-0.15, -0.1) is 11.3 Å². The summed E-state index contributed by atoms with van der Waals surface area (Å²) in [5.41, 5.74) is 3.55. The molecule has 2 aromatic carbocycles. The molecular weight excluding hydrogens is 505 g/mol. The molecule has 0 atom stereocenters. The number of thiazole rings is 1. The smallest absolute Gasteiger partial charge is 0.407 e. The summed E-state index contributed by atoms with van der Waals surface area (Å²) >= 11 is 7.67. The lowest BCUT2D eigenvalue weighted by Crippen LogP contribution is -2.37. The Bertz CT molecular complexity index is 1460. The zero-order valence-corrected chi connectivity index (χ0v) is 21.9. The Hall–Kier alpha value is -3.30. The standard InChI is InChI=1S/C26H27ClFN3O4S/c1-14(2)29(25(32)33)12-17-18(13-30(15(3)4)26(34)35)24-31(21-7-5-6-8-22(21)36-24)23(17)16-9-10-20(28)19(27)11-16/h5-11,14-15H,12-13H2,1-4H3,(H,32,33)(H,34,35). The molecule has 0 spiro atoms. The molecule has 0 aliphatic rings. The van der Waals surface area contributed by atoms with Crippen molar-refractivity contribution in [3.8, 4) is 11.3 Å². The van der Waals surface area contributed by atoms with Crippen molar-refractivity contribution >= 4 is 50.2 Å². The van der Waals surface area contributed by atoms with Gasteiger partial charge >= 0.3 is 12.2 Å². The van der Waals surface area contributed by atoms with Crippen molar-refractivity contribution in [1.29, 1.82) is 0 Å². The van der Waals surface area contributed by atoms with Crippen LogP contribution in [0.5, 0.6) is 0 Å². The first kappa shape index (κ1) is 25.8. The largest absolute Gasteiger partial charge is 0.465 e. The SMILES string of the molecule is CC(C)N(Cc1c(CN(C(=O)O)C(C)C)c2sc3ccccc3n2c1-c1ccc(F)c(Cl)c1)C(=O)O. The molecule has 0 bridgehead atoms. The van der Waals surface area contributed by atoms with Gasteiger partial charge in [0.25, 0.3) is 0 Å². The van der Waals surface area contributed by atoms with Crippen LogP contribution < -0.4 is 0 Å². The van der Waals surface area contributed by atoms with E-state index in [9.17, 15) is 24.2 Å². The topological polar surface area (TPSA) is 85.5 Å². The highest BCUT2D eigenvalue weighted by Crippen LogP contribution is 2.42. The van der Waals surface area contributed by atoms with E-state index >= 15 is 0 Å². The van der Waals surface area contributed by atoms with Crippen LogP contribution in [0.2, 0.25) is 5.02 Å². The van der Waals surface area contributed by atoms with Crippen molar-refractivity contribution in [3.63, 3.8) is 0 Å². The Morgan fingerprint density at radius 1 is 0.972 bits per heavy atom. The van der Waals surface area contributed by atoms with Crippen LogP contribution in [-0.2, 0) is 13.1 Å². The van der Waals surface area contributed by atoms with Gasteiger partial charge in [0.15, 0.2) is 0 Å². The number of nitrogens with zero attached hydrogens (tertiary/aromatic N) is 3. The average Bonchev–Trinajstić information content (AvgIpc) is 3.31. The van der Waals surface area contributed by atoms with Gasteiger partial charge < -0.3 is 20.0 Å². The van der Waals surface area contributed by atoms with Gasteiger partial charge in [0.05, 0.1) is 34.0 Å². The minimum atomic E-state index is -1.09. The summed E-state index contributed by atoms with van der Waals surface area (Å²) < 4.78 is 17.1. The number of fused-ring (bicyclic) bond motifs is 3. The van der Waals surface area contributed by atoms with Gasteiger partial charge in [-0.05, 0) is 58.0 Å². The number of halogens is 2. The zero-order chi connectivity index (χ0) is 26.3. The van der Waals surface area contributed by atoms with E-state index in [0.717, 1.165) is 20.6 Å². The Balaban J connectivity index is 2.11. The van der Waals surface area contributed by atoms with Crippen molar-refractivity contribution in [2.75, 3.05) is 0 Å². The number of para-hydroxylation sites is 1. The summed E-state index contributed by atoms with van der Waals surface area (Å²) in [5, 5.41) is 19.8. The molecule has 0 fully saturated rings. The van der Waals surface area contributed by atoms with Crippen molar-refractivity contribution in [2.45, 2.75) is 52.9 Å². The summed E-state index contributed by atoms with van der Waals surface area (Å²) in [5.74, 6) is -0.559. The average molecular weight is 532 g/mol. The van der Waals surface area contributed by atoms with Crippen LogP contribution in [0.1, 0.15) is 38.8 Å². The van der Waals surface area contributed by atoms with E-state index in [1.165, 1.54) is 33.3 Å². The lowest BCUT2D eigenvalue weighted by molar-refractivity contribution is 0.124. The molecule has 2 aromatic heterocycles. The molecule has 4 rings (SSSR count). The van der Waals surface area contributed by atoms with Crippen LogP contribution in [0.15, 0.2) is 42.5 Å². The zero-order valence-electron chi connectivity index (χ0n) is 20.3. The monoisotopic (exact) mass is 531 g/mol. The van der Waals surface area contributed by atoms with Gasteiger partial charge in [-0.25, -0.2) is 14.0 Å². The molecule has 0 saturated carbocycles. The molecule has 2 heterocycles. The highest BCUT2D eigenvalue weighted by atomic mass is 35.5. The number of aromatic nitrogens is 1. The second-order valence-electron chi connectivity index (χ2n) is 9.15. The van der Waals surface area contributed by atoms with Gasteiger partial charge in [-0.2, -0.15) is 0 Å². The van der Waals surface area contributed by atoms with Gasteiger partial charge in [-0.1, -0.05) is 23.7 Å². The molecule has 0 aliphatic heterocycles. The fraction of sp³-hybridized carbons (Fsp3) is 0.308. The lowest BCUT2D eigenvalue weighted by Gasteiger charge is -2.27. The van der Waals surface area contributed by atoms with E-state index in [1.807, 2.05) is 28.7 Å². The Labute approximate surface area is 216 Å². The van der Waals surface area contributed by atoms with E-state index in [2.05, 4.69) is 0 Å². The van der Waals surface area contributed by atoms with Crippen LogP contribution in [-0.4, -0.2) is 48.7 Å². The number of carboxylic acid groups (broad SMARTS) is 2. The van der Waals surface area contributed by atoms with Crippen LogP contribution in [0.3, 0.4) is 0 Å². The van der Waals surface area contributed by atoms with E-state index in [4.69, 9.17) is 11.6 Å². The Morgan fingerprint density at radius 3 is 2.11 bits per heavy atom. The fourth-order valence-electron chi connectivity index (χ4n) is 4.38. The summed E-state index contributed by atoms with van der Waals surface area (Å²) in [6, 6.07) is 11.6. The molecule has 2 amide bonds. The maximum atomic E-state index is 14.1. The van der Waals surface area contributed by atoms with Crippen LogP contribution >= 0.6 is 22.9 Å². The molecule has 0 radical (unpaired) electrons. The number of amides is 2. The number of rotatable bonds is 7. The van der Waals surface area contributed by atoms with Gasteiger partial charge in [0.1, 0.15) is 10.6 Å². The van der Waals surface area contributed by atoms with E-state index in [1.54, 1.807) is 33.8 Å².